The van der Waals surface area contributed by atoms with Crippen molar-refractivity contribution in [3.05, 3.63) is 35.9 Å². The van der Waals surface area contributed by atoms with E-state index in [1.807, 2.05) is 30.3 Å². The molecule has 0 spiro atoms. The van der Waals surface area contributed by atoms with Gasteiger partial charge < -0.3 is 5.11 Å². The van der Waals surface area contributed by atoms with E-state index in [0.717, 1.165) is 5.56 Å². The SMILES string of the molecule is CC(O)(Cc1ccccc1)C1(C#N)CCS(=O)(=O)C1. The normalized spacial score (nSPS) is 28.5. The molecule has 2 unspecified atom stereocenters. The third-order valence-electron chi connectivity index (χ3n) is 3.94. The molecule has 4 nitrogen and oxygen atoms in total. The zero-order valence-corrected chi connectivity index (χ0v) is 11.7. The molecule has 0 aromatic heterocycles. The van der Waals surface area contributed by atoms with Crippen LogP contribution in [0.4, 0.5) is 0 Å². The van der Waals surface area contributed by atoms with E-state index >= 15 is 0 Å². The first kappa shape index (κ1) is 14.0. The molecule has 0 amide bonds. The van der Waals surface area contributed by atoms with Gasteiger partial charge in [0.2, 0.25) is 0 Å². The van der Waals surface area contributed by atoms with Crippen molar-refractivity contribution in [2.75, 3.05) is 11.5 Å². The van der Waals surface area contributed by atoms with Gasteiger partial charge >= 0.3 is 0 Å². The van der Waals surface area contributed by atoms with E-state index in [9.17, 15) is 18.8 Å². The fourth-order valence-corrected chi connectivity index (χ4v) is 4.72. The fourth-order valence-electron chi connectivity index (χ4n) is 2.65. The summed E-state index contributed by atoms with van der Waals surface area (Å²) in [7, 11) is -3.22. The molecule has 1 fully saturated rings. The van der Waals surface area contributed by atoms with E-state index in [0.29, 0.717) is 0 Å². The number of benzene rings is 1. The van der Waals surface area contributed by atoms with Crippen LogP contribution in [0, 0.1) is 16.7 Å². The summed E-state index contributed by atoms with van der Waals surface area (Å²) in [4.78, 5) is 0. The smallest absolute Gasteiger partial charge is 0.152 e. The third kappa shape index (κ3) is 2.65. The lowest BCUT2D eigenvalue weighted by Crippen LogP contribution is -2.47. The predicted molar refractivity (Wildman–Crippen MR) is 72.1 cm³/mol. The Kier molecular flexibility index (Phi) is 3.41. The number of rotatable bonds is 3. The second-order valence-electron chi connectivity index (χ2n) is 5.47. The lowest BCUT2D eigenvalue weighted by atomic mass is 9.70. The lowest BCUT2D eigenvalue weighted by Gasteiger charge is -2.36. The first-order valence-corrected chi connectivity index (χ1v) is 8.00. The summed E-state index contributed by atoms with van der Waals surface area (Å²) in [5, 5.41) is 20.1. The highest BCUT2D eigenvalue weighted by Crippen LogP contribution is 2.43. The van der Waals surface area contributed by atoms with Gasteiger partial charge in [0.15, 0.2) is 9.84 Å². The topological polar surface area (TPSA) is 78.2 Å². The van der Waals surface area contributed by atoms with Crippen LogP contribution in [0.15, 0.2) is 30.3 Å². The van der Waals surface area contributed by atoms with E-state index in [-0.39, 0.29) is 24.3 Å². The summed E-state index contributed by atoms with van der Waals surface area (Å²) < 4.78 is 23.3. The molecule has 19 heavy (non-hydrogen) atoms. The van der Waals surface area contributed by atoms with E-state index in [1.54, 1.807) is 6.92 Å². The Balaban J connectivity index is 2.31. The summed E-state index contributed by atoms with van der Waals surface area (Å²) in [5.41, 5.74) is -1.67. The number of sulfone groups is 1. The number of nitriles is 1. The lowest BCUT2D eigenvalue weighted by molar-refractivity contribution is -0.0262. The molecule has 5 heteroatoms. The van der Waals surface area contributed by atoms with Gasteiger partial charge in [0.1, 0.15) is 5.41 Å². The van der Waals surface area contributed by atoms with Gasteiger partial charge in [-0.15, -0.1) is 0 Å². The first-order chi connectivity index (χ1) is 8.80. The van der Waals surface area contributed by atoms with Gasteiger partial charge in [-0.25, -0.2) is 8.42 Å². The second kappa shape index (κ2) is 4.62. The van der Waals surface area contributed by atoms with Crippen LogP contribution in [0.5, 0.6) is 0 Å². The van der Waals surface area contributed by atoms with Crippen molar-refractivity contribution >= 4 is 9.84 Å². The molecule has 0 radical (unpaired) electrons. The number of nitrogens with zero attached hydrogens (tertiary/aromatic N) is 1. The van der Waals surface area contributed by atoms with Gasteiger partial charge in [0.05, 0.1) is 23.2 Å². The van der Waals surface area contributed by atoms with Gasteiger partial charge in [-0.2, -0.15) is 5.26 Å². The Bertz CT molecular complexity index is 601. The molecule has 2 rings (SSSR count). The molecule has 1 aromatic carbocycles. The Hall–Kier alpha value is -1.38. The first-order valence-electron chi connectivity index (χ1n) is 6.18. The molecule has 1 saturated heterocycles. The van der Waals surface area contributed by atoms with Crippen molar-refractivity contribution in [3.8, 4) is 6.07 Å². The summed E-state index contributed by atoms with van der Waals surface area (Å²) in [6.45, 7) is 1.56. The van der Waals surface area contributed by atoms with Gasteiger partial charge in [-0.05, 0) is 18.9 Å². The Morgan fingerprint density at radius 1 is 1.42 bits per heavy atom. The standard InChI is InChI=1S/C14H17NO3S/c1-13(16,9-12-5-3-2-4-6-12)14(10-15)7-8-19(17,18)11-14/h2-6,16H,7-9,11H2,1H3. The van der Waals surface area contributed by atoms with Crippen molar-refractivity contribution in [1.82, 2.24) is 0 Å². The Morgan fingerprint density at radius 2 is 2.05 bits per heavy atom. The molecular weight excluding hydrogens is 262 g/mol. The number of aliphatic hydroxyl groups is 1. The maximum Gasteiger partial charge on any atom is 0.152 e. The van der Waals surface area contributed by atoms with Crippen LogP contribution in [-0.2, 0) is 16.3 Å². The molecule has 1 N–H and O–H groups in total. The minimum atomic E-state index is -3.22. The largest absolute Gasteiger partial charge is 0.388 e. The number of hydrogen-bond acceptors (Lipinski definition) is 4. The molecule has 0 aliphatic carbocycles. The molecule has 1 heterocycles. The van der Waals surface area contributed by atoms with Gasteiger partial charge in [-0.3, -0.25) is 0 Å². The van der Waals surface area contributed by atoms with Crippen molar-refractivity contribution < 1.29 is 13.5 Å². The van der Waals surface area contributed by atoms with Crippen LogP contribution < -0.4 is 0 Å². The van der Waals surface area contributed by atoms with Crippen LogP contribution in [-0.4, -0.2) is 30.6 Å². The van der Waals surface area contributed by atoms with E-state index in [4.69, 9.17) is 0 Å². The quantitative estimate of drug-likeness (QED) is 0.905. The predicted octanol–water partition coefficient (Wildman–Crippen LogP) is 1.31. The molecule has 102 valence electrons. The average Bonchev–Trinajstić information content (AvgIpc) is 2.67. The second-order valence-corrected chi connectivity index (χ2v) is 7.66. The van der Waals surface area contributed by atoms with Crippen LogP contribution in [0.25, 0.3) is 0 Å². The van der Waals surface area contributed by atoms with Crippen molar-refractivity contribution in [1.29, 1.82) is 5.26 Å². The van der Waals surface area contributed by atoms with Crippen molar-refractivity contribution in [2.45, 2.75) is 25.4 Å². The molecule has 1 aliphatic rings. The zero-order chi connectivity index (χ0) is 14.1. The fraction of sp³-hybridized carbons (Fsp3) is 0.500. The third-order valence-corrected chi connectivity index (χ3v) is 5.70. The van der Waals surface area contributed by atoms with Crippen LogP contribution in [0.2, 0.25) is 0 Å². The van der Waals surface area contributed by atoms with Crippen LogP contribution in [0.1, 0.15) is 18.9 Å². The molecular formula is C14H17NO3S. The van der Waals surface area contributed by atoms with Crippen LogP contribution >= 0.6 is 0 Å². The summed E-state index contributed by atoms with van der Waals surface area (Å²) in [6.07, 6.45) is 0.475. The minimum absolute atomic E-state index is 0.0223. The molecule has 2 atom stereocenters. The highest BCUT2D eigenvalue weighted by atomic mass is 32.2. The molecule has 1 aromatic rings. The number of hydrogen-bond donors (Lipinski definition) is 1. The van der Waals surface area contributed by atoms with Crippen LogP contribution in [0.3, 0.4) is 0 Å². The van der Waals surface area contributed by atoms with E-state index < -0.39 is 20.9 Å². The maximum atomic E-state index is 11.6. The van der Waals surface area contributed by atoms with Crippen molar-refractivity contribution in [2.24, 2.45) is 5.41 Å². The van der Waals surface area contributed by atoms with Gasteiger partial charge in [-0.1, -0.05) is 30.3 Å². The van der Waals surface area contributed by atoms with E-state index in [2.05, 4.69) is 6.07 Å². The van der Waals surface area contributed by atoms with Gasteiger partial charge in [0.25, 0.3) is 0 Å². The zero-order valence-electron chi connectivity index (χ0n) is 10.8. The average molecular weight is 279 g/mol. The summed E-state index contributed by atoms with van der Waals surface area (Å²) in [5.74, 6) is -0.276. The Labute approximate surface area is 113 Å². The van der Waals surface area contributed by atoms with Crippen molar-refractivity contribution in [3.63, 3.8) is 0 Å². The maximum absolute atomic E-state index is 11.6. The molecule has 0 bridgehead atoms. The highest BCUT2D eigenvalue weighted by molar-refractivity contribution is 7.91. The summed E-state index contributed by atoms with van der Waals surface area (Å²) >= 11 is 0. The molecule has 0 saturated carbocycles. The minimum Gasteiger partial charge on any atom is -0.388 e. The molecule has 1 aliphatic heterocycles. The highest BCUT2D eigenvalue weighted by Gasteiger charge is 2.54. The van der Waals surface area contributed by atoms with Gasteiger partial charge in [0, 0.05) is 6.42 Å². The summed E-state index contributed by atoms with van der Waals surface area (Å²) in [6, 6.07) is 11.4. The monoisotopic (exact) mass is 279 g/mol. The van der Waals surface area contributed by atoms with E-state index in [1.165, 1.54) is 0 Å². The Morgan fingerprint density at radius 3 is 2.53 bits per heavy atom.